The van der Waals surface area contributed by atoms with Gasteiger partial charge in [-0.3, -0.25) is 20.2 Å². The molecule has 0 heterocycles. The first-order valence-corrected chi connectivity index (χ1v) is 6.27. The molecule has 0 aromatic heterocycles. The predicted molar refractivity (Wildman–Crippen MR) is 72.9 cm³/mol. The van der Waals surface area contributed by atoms with Crippen molar-refractivity contribution in [3.05, 3.63) is 38.4 Å². The second kappa shape index (κ2) is 7.29. The van der Waals surface area contributed by atoms with Gasteiger partial charge in [0.15, 0.2) is 0 Å². The lowest BCUT2D eigenvalue weighted by Gasteiger charge is -2.10. The quantitative estimate of drug-likeness (QED) is 0.351. The normalized spacial score (nSPS) is 11.7. The molecule has 0 saturated heterocycles. The molecule has 0 aliphatic heterocycles. The van der Waals surface area contributed by atoms with E-state index in [0.717, 1.165) is 31.0 Å². The number of esters is 1. The van der Waals surface area contributed by atoms with Crippen LogP contribution in [0.3, 0.4) is 0 Å². The van der Waals surface area contributed by atoms with Crippen molar-refractivity contribution in [3.63, 3.8) is 0 Å². The molecule has 0 radical (unpaired) electrons. The number of non-ortho nitro benzene ring substituents is 1. The third-order valence-electron chi connectivity index (χ3n) is 2.73. The number of nitrogens with two attached hydrogens (primary N) is 1. The van der Waals surface area contributed by atoms with Crippen LogP contribution in [0.4, 0.5) is 11.4 Å². The number of hydrogen-bond donors (Lipinski definition) is 1. The minimum atomic E-state index is -0.889. The van der Waals surface area contributed by atoms with Crippen LogP contribution in [0.15, 0.2) is 18.2 Å². The van der Waals surface area contributed by atoms with Crippen molar-refractivity contribution >= 4 is 17.3 Å². The predicted octanol–water partition coefficient (Wildman–Crippen LogP) is 1.93. The highest BCUT2D eigenvalue weighted by atomic mass is 16.6. The standard InChI is InChI=1S/C12H15N3O6/c1-2-3-4-9(13)12(16)21-11-6-5-8(14(17)18)7-10(11)15(19)20/h5-7,9H,2-4,13H2,1H3. The first-order chi connectivity index (χ1) is 9.86. The van der Waals surface area contributed by atoms with Crippen LogP contribution in [0.25, 0.3) is 0 Å². The van der Waals surface area contributed by atoms with Gasteiger partial charge in [-0.2, -0.15) is 0 Å². The van der Waals surface area contributed by atoms with E-state index in [0.29, 0.717) is 6.42 Å². The van der Waals surface area contributed by atoms with Gasteiger partial charge in [-0.05, 0) is 12.5 Å². The van der Waals surface area contributed by atoms with E-state index in [1.54, 1.807) is 0 Å². The van der Waals surface area contributed by atoms with Crippen LogP contribution in [-0.2, 0) is 4.79 Å². The molecule has 1 atom stereocenters. The van der Waals surface area contributed by atoms with Crippen molar-refractivity contribution in [3.8, 4) is 5.75 Å². The second-order valence-corrected chi connectivity index (χ2v) is 4.34. The maximum atomic E-state index is 11.7. The molecule has 21 heavy (non-hydrogen) atoms. The summed E-state index contributed by atoms with van der Waals surface area (Å²) >= 11 is 0. The molecule has 0 amide bonds. The van der Waals surface area contributed by atoms with Crippen LogP contribution in [0.1, 0.15) is 26.2 Å². The van der Waals surface area contributed by atoms with Gasteiger partial charge in [0.1, 0.15) is 6.04 Å². The topological polar surface area (TPSA) is 139 Å². The van der Waals surface area contributed by atoms with Crippen LogP contribution in [0, 0.1) is 20.2 Å². The fourth-order valence-corrected chi connectivity index (χ4v) is 1.57. The van der Waals surface area contributed by atoms with Gasteiger partial charge in [0.25, 0.3) is 5.69 Å². The summed E-state index contributed by atoms with van der Waals surface area (Å²) in [6.45, 7) is 1.93. The summed E-state index contributed by atoms with van der Waals surface area (Å²) in [5, 5.41) is 21.5. The van der Waals surface area contributed by atoms with E-state index in [2.05, 4.69) is 0 Å². The molecule has 1 aromatic carbocycles. The molecule has 0 spiro atoms. The van der Waals surface area contributed by atoms with E-state index in [4.69, 9.17) is 10.5 Å². The Morgan fingerprint density at radius 2 is 2.00 bits per heavy atom. The molecule has 0 bridgehead atoms. The SMILES string of the molecule is CCCCC(N)C(=O)Oc1ccc([N+](=O)[O-])cc1[N+](=O)[O-]. The Balaban J connectivity index is 2.94. The molecular formula is C12H15N3O6. The lowest BCUT2D eigenvalue weighted by Crippen LogP contribution is -2.34. The first-order valence-electron chi connectivity index (χ1n) is 6.27. The Hall–Kier alpha value is -2.55. The average Bonchev–Trinajstić information content (AvgIpc) is 2.44. The van der Waals surface area contributed by atoms with Crippen molar-refractivity contribution < 1.29 is 19.4 Å². The number of hydrogen-bond acceptors (Lipinski definition) is 7. The number of benzene rings is 1. The molecule has 1 unspecified atom stereocenters. The van der Waals surface area contributed by atoms with Crippen molar-refractivity contribution in [1.82, 2.24) is 0 Å². The molecule has 9 heteroatoms. The highest BCUT2D eigenvalue weighted by molar-refractivity contribution is 5.79. The Kier molecular flexibility index (Phi) is 5.73. The number of nitrogens with zero attached hydrogens (tertiary/aromatic N) is 2. The van der Waals surface area contributed by atoms with Gasteiger partial charge in [0, 0.05) is 6.07 Å². The zero-order chi connectivity index (χ0) is 16.0. The van der Waals surface area contributed by atoms with Crippen LogP contribution in [-0.4, -0.2) is 21.9 Å². The van der Waals surface area contributed by atoms with Gasteiger partial charge in [-0.25, -0.2) is 4.79 Å². The van der Waals surface area contributed by atoms with E-state index >= 15 is 0 Å². The number of carbonyl (C=O) groups is 1. The van der Waals surface area contributed by atoms with Crippen molar-refractivity contribution in [2.24, 2.45) is 5.73 Å². The largest absolute Gasteiger partial charge is 0.418 e. The van der Waals surface area contributed by atoms with E-state index < -0.39 is 33.2 Å². The molecule has 0 aliphatic rings. The third kappa shape index (κ3) is 4.49. The molecule has 2 N–H and O–H groups in total. The summed E-state index contributed by atoms with van der Waals surface area (Å²) in [4.78, 5) is 31.6. The fourth-order valence-electron chi connectivity index (χ4n) is 1.57. The van der Waals surface area contributed by atoms with Gasteiger partial charge in [-0.15, -0.1) is 0 Å². The van der Waals surface area contributed by atoms with E-state index in [9.17, 15) is 25.0 Å². The number of nitro groups is 2. The van der Waals surface area contributed by atoms with Gasteiger partial charge >= 0.3 is 11.7 Å². The highest BCUT2D eigenvalue weighted by Crippen LogP contribution is 2.31. The minimum Gasteiger partial charge on any atom is -0.418 e. The van der Waals surface area contributed by atoms with Gasteiger partial charge in [-0.1, -0.05) is 19.8 Å². The van der Waals surface area contributed by atoms with Gasteiger partial charge in [0.05, 0.1) is 15.9 Å². The lowest BCUT2D eigenvalue weighted by atomic mass is 10.1. The Bertz CT molecular complexity index is 560. The van der Waals surface area contributed by atoms with Crippen LogP contribution < -0.4 is 10.5 Å². The molecule has 9 nitrogen and oxygen atoms in total. The first kappa shape index (κ1) is 16.5. The van der Waals surface area contributed by atoms with E-state index in [1.807, 2.05) is 6.92 Å². The zero-order valence-corrected chi connectivity index (χ0v) is 11.4. The van der Waals surface area contributed by atoms with Crippen molar-refractivity contribution in [1.29, 1.82) is 0 Å². The van der Waals surface area contributed by atoms with E-state index in [-0.39, 0.29) is 5.75 Å². The lowest BCUT2D eigenvalue weighted by molar-refractivity contribution is -0.394. The summed E-state index contributed by atoms with van der Waals surface area (Å²) in [5.74, 6) is -1.16. The number of ether oxygens (including phenoxy) is 1. The number of rotatable bonds is 7. The smallest absolute Gasteiger partial charge is 0.328 e. The van der Waals surface area contributed by atoms with Crippen molar-refractivity contribution in [2.75, 3.05) is 0 Å². The van der Waals surface area contributed by atoms with Crippen LogP contribution >= 0.6 is 0 Å². The van der Waals surface area contributed by atoms with Crippen molar-refractivity contribution in [2.45, 2.75) is 32.2 Å². The third-order valence-corrected chi connectivity index (χ3v) is 2.73. The summed E-state index contributed by atoms with van der Waals surface area (Å²) in [6.07, 6.45) is 1.97. The zero-order valence-electron chi connectivity index (χ0n) is 11.4. The molecule has 0 aliphatic carbocycles. The number of carbonyl (C=O) groups excluding carboxylic acids is 1. The summed E-state index contributed by atoms with van der Waals surface area (Å²) < 4.78 is 4.87. The van der Waals surface area contributed by atoms with Crippen LogP contribution in [0.2, 0.25) is 0 Å². The number of unbranched alkanes of at least 4 members (excludes halogenated alkanes) is 1. The summed E-state index contributed by atoms with van der Waals surface area (Å²) in [6, 6.07) is 1.88. The molecule has 0 fully saturated rings. The molecule has 0 saturated carbocycles. The van der Waals surface area contributed by atoms with Gasteiger partial charge in [0.2, 0.25) is 5.75 Å². The average molecular weight is 297 g/mol. The fraction of sp³-hybridized carbons (Fsp3) is 0.417. The molecule has 114 valence electrons. The Labute approximate surface area is 120 Å². The summed E-state index contributed by atoms with van der Waals surface area (Å²) in [7, 11) is 0. The highest BCUT2D eigenvalue weighted by Gasteiger charge is 2.24. The number of nitro benzene ring substituents is 2. The van der Waals surface area contributed by atoms with E-state index in [1.165, 1.54) is 0 Å². The Morgan fingerprint density at radius 3 is 2.52 bits per heavy atom. The summed E-state index contributed by atoms with van der Waals surface area (Å²) in [5.41, 5.74) is 4.49. The monoisotopic (exact) mass is 297 g/mol. The maximum Gasteiger partial charge on any atom is 0.328 e. The minimum absolute atomic E-state index is 0.359. The Morgan fingerprint density at radius 1 is 1.33 bits per heavy atom. The molecule has 1 aromatic rings. The second-order valence-electron chi connectivity index (χ2n) is 4.34. The van der Waals surface area contributed by atoms with Crippen LogP contribution in [0.5, 0.6) is 5.75 Å². The van der Waals surface area contributed by atoms with Gasteiger partial charge < -0.3 is 10.5 Å². The molecule has 1 rings (SSSR count). The molecular weight excluding hydrogens is 282 g/mol. The maximum absolute atomic E-state index is 11.7.